The average Bonchev–Trinajstić information content (AvgIpc) is 3.67. The first kappa shape index (κ1) is 28.9. The highest BCUT2D eigenvalue weighted by atomic mass is 32.2. The Kier molecular flexibility index (Phi) is 8.42. The third-order valence-corrected chi connectivity index (χ3v) is 10.4. The number of hydrogen-bond acceptors (Lipinski definition) is 9. The van der Waals surface area contributed by atoms with Gasteiger partial charge in [0.2, 0.25) is 11.3 Å². The molecule has 6 rings (SSSR count). The van der Waals surface area contributed by atoms with E-state index in [4.69, 9.17) is 23.7 Å². The van der Waals surface area contributed by atoms with Gasteiger partial charge in [-0.05, 0) is 31.7 Å². The maximum Gasteiger partial charge on any atom is 0.315 e. The average molecular weight is 596 g/mol. The van der Waals surface area contributed by atoms with E-state index in [0.717, 1.165) is 37.7 Å². The van der Waals surface area contributed by atoms with E-state index in [1.54, 1.807) is 13.3 Å². The van der Waals surface area contributed by atoms with Crippen LogP contribution in [0.4, 0.5) is 0 Å². The van der Waals surface area contributed by atoms with E-state index in [1.165, 1.54) is 18.0 Å². The first-order chi connectivity index (χ1) is 20.4. The molecule has 2 unspecified atom stereocenters. The second-order valence-electron chi connectivity index (χ2n) is 11.4. The Morgan fingerprint density at radius 2 is 1.98 bits per heavy atom. The predicted octanol–water partition coefficient (Wildman–Crippen LogP) is 5.41. The zero-order valence-corrected chi connectivity index (χ0v) is 24.8. The number of fused-ring (bicyclic) bond motifs is 1. The smallest absolute Gasteiger partial charge is 0.315 e. The minimum absolute atomic E-state index is 0.0177. The second-order valence-corrected chi connectivity index (χ2v) is 12.5. The summed E-state index contributed by atoms with van der Waals surface area (Å²) in [6.45, 7) is 3.52. The maximum atomic E-state index is 14.3. The lowest BCUT2D eigenvalue weighted by atomic mass is 9.71. The molecular formula is C31H37N3O7S. The van der Waals surface area contributed by atoms with Gasteiger partial charge >= 0.3 is 5.97 Å². The summed E-state index contributed by atoms with van der Waals surface area (Å²) in [5, 5.41) is 15.9. The summed E-state index contributed by atoms with van der Waals surface area (Å²) < 4.78 is 25.5. The van der Waals surface area contributed by atoms with Crippen LogP contribution in [0.5, 0.6) is 5.75 Å². The van der Waals surface area contributed by atoms with Crippen molar-refractivity contribution in [3.05, 3.63) is 69.7 Å². The topological polar surface area (TPSA) is 126 Å². The van der Waals surface area contributed by atoms with Gasteiger partial charge in [0.15, 0.2) is 0 Å². The third kappa shape index (κ3) is 5.26. The van der Waals surface area contributed by atoms with Crippen LogP contribution in [0.15, 0.2) is 51.0 Å². The number of ether oxygens (including phenoxy) is 3. The Bertz CT molecular complexity index is 1460. The van der Waals surface area contributed by atoms with Crippen molar-refractivity contribution in [3.8, 4) is 5.75 Å². The molecule has 1 aliphatic carbocycles. The van der Waals surface area contributed by atoms with Gasteiger partial charge in [-0.3, -0.25) is 14.3 Å². The van der Waals surface area contributed by atoms with Crippen LogP contribution in [0.3, 0.4) is 0 Å². The van der Waals surface area contributed by atoms with Crippen molar-refractivity contribution in [1.29, 1.82) is 0 Å². The molecule has 0 bridgehead atoms. The number of aliphatic carboxylic acids is 1. The Morgan fingerprint density at radius 1 is 1.21 bits per heavy atom. The second kappa shape index (κ2) is 12.2. The molecule has 0 amide bonds. The molecule has 2 aliphatic heterocycles. The van der Waals surface area contributed by atoms with Crippen molar-refractivity contribution in [2.45, 2.75) is 92.2 Å². The molecule has 1 N–H and O–H groups in total. The van der Waals surface area contributed by atoms with E-state index in [2.05, 4.69) is 4.98 Å². The molecule has 3 atom stereocenters. The highest BCUT2D eigenvalue weighted by Crippen LogP contribution is 2.53. The normalized spacial score (nSPS) is 22.9. The molecule has 1 saturated carbocycles. The van der Waals surface area contributed by atoms with Crippen LogP contribution in [-0.2, 0) is 26.2 Å². The molecule has 1 saturated heterocycles. The van der Waals surface area contributed by atoms with Crippen LogP contribution in [0.2, 0.25) is 0 Å². The van der Waals surface area contributed by atoms with Gasteiger partial charge in [-0.1, -0.05) is 56.1 Å². The Balaban J connectivity index is 1.49. The molecule has 0 spiro atoms. The number of carboxylic acid groups (broad SMARTS) is 1. The molecule has 11 heteroatoms. The molecular weight excluding hydrogens is 558 g/mol. The van der Waals surface area contributed by atoms with Gasteiger partial charge < -0.3 is 23.7 Å². The Morgan fingerprint density at radius 3 is 2.67 bits per heavy atom. The first-order valence-corrected chi connectivity index (χ1v) is 15.6. The number of methoxy groups -OCH3 is 1. The van der Waals surface area contributed by atoms with Crippen LogP contribution in [0.1, 0.15) is 91.9 Å². The summed E-state index contributed by atoms with van der Waals surface area (Å²) in [7, 11) is 1.63. The van der Waals surface area contributed by atoms with Gasteiger partial charge in [-0.25, -0.2) is 4.98 Å². The maximum absolute atomic E-state index is 14.3. The van der Waals surface area contributed by atoms with E-state index >= 15 is 0 Å². The lowest BCUT2D eigenvalue weighted by Crippen LogP contribution is -2.44. The lowest BCUT2D eigenvalue weighted by molar-refractivity contribution is -0.145. The van der Waals surface area contributed by atoms with E-state index < -0.39 is 17.5 Å². The monoisotopic (exact) mass is 595 g/mol. The summed E-state index contributed by atoms with van der Waals surface area (Å²) in [6.07, 6.45) is 7.40. The van der Waals surface area contributed by atoms with Crippen molar-refractivity contribution in [3.63, 3.8) is 0 Å². The Labute approximate surface area is 248 Å². The largest absolute Gasteiger partial charge is 0.496 e. The van der Waals surface area contributed by atoms with Crippen molar-refractivity contribution in [2.24, 2.45) is 0 Å². The number of hydrogen-bond donors (Lipinski definition) is 1. The minimum atomic E-state index is -1.32. The predicted molar refractivity (Wildman–Crippen MR) is 155 cm³/mol. The number of carbonyl (C=O) groups is 1. The van der Waals surface area contributed by atoms with Crippen LogP contribution >= 0.6 is 11.8 Å². The molecule has 3 aliphatic rings. The van der Waals surface area contributed by atoms with Crippen LogP contribution in [0.25, 0.3) is 0 Å². The summed E-state index contributed by atoms with van der Waals surface area (Å²) in [4.78, 5) is 31.5. The van der Waals surface area contributed by atoms with Crippen molar-refractivity contribution in [1.82, 2.24) is 14.8 Å². The summed E-state index contributed by atoms with van der Waals surface area (Å²) >= 11 is 1.49. The number of rotatable bonds is 9. The quantitative estimate of drug-likeness (QED) is 0.343. The number of oxazole rings is 1. The molecule has 3 aromatic rings. The SMILES string of the molecule is COc1ccccc1[C@@H](Cn1nc(C2(C(=O)O)CCCCC2)c(=O)c2c1SC(c1ncco1)C2C)OC1CCOCC1. The van der Waals surface area contributed by atoms with Crippen molar-refractivity contribution >= 4 is 17.7 Å². The van der Waals surface area contributed by atoms with Crippen LogP contribution < -0.4 is 10.2 Å². The molecule has 1 aromatic carbocycles. The van der Waals surface area contributed by atoms with E-state index in [9.17, 15) is 14.7 Å². The van der Waals surface area contributed by atoms with E-state index in [0.29, 0.717) is 48.3 Å². The van der Waals surface area contributed by atoms with E-state index in [-0.39, 0.29) is 34.9 Å². The summed E-state index contributed by atoms with van der Waals surface area (Å²) in [5.74, 6) is -0.0118. The lowest BCUT2D eigenvalue weighted by Gasteiger charge is -2.33. The molecule has 10 nitrogen and oxygen atoms in total. The molecule has 224 valence electrons. The number of benzene rings is 1. The highest BCUT2D eigenvalue weighted by molar-refractivity contribution is 7.99. The third-order valence-electron chi connectivity index (χ3n) is 8.91. The molecule has 0 radical (unpaired) electrons. The molecule has 42 heavy (non-hydrogen) atoms. The number of nitrogens with zero attached hydrogens (tertiary/aromatic N) is 3. The number of aromatic nitrogens is 3. The molecule has 2 fully saturated rings. The van der Waals surface area contributed by atoms with Crippen molar-refractivity contribution in [2.75, 3.05) is 20.3 Å². The zero-order valence-electron chi connectivity index (χ0n) is 24.0. The minimum Gasteiger partial charge on any atom is -0.496 e. The fraction of sp³-hybridized carbons (Fsp3) is 0.548. The Hall–Kier alpha value is -3.15. The summed E-state index contributed by atoms with van der Waals surface area (Å²) in [5.41, 5.74) is -0.0333. The first-order valence-electron chi connectivity index (χ1n) is 14.7. The van der Waals surface area contributed by atoms with Gasteiger partial charge in [0, 0.05) is 30.3 Å². The van der Waals surface area contributed by atoms with Gasteiger partial charge in [0.25, 0.3) is 0 Å². The van der Waals surface area contributed by atoms with Crippen LogP contribution in [-0.4, -0.2) is 52.3 Å². The number of carboxylic acids is 1. The molecule has 2 aromatic heterocycles. The van der Waals surface area contributed by atoms with E-state index in [1.807, 2.05) is 35.9 Å². The van der Waals surface area contributed by atoms with Crippen LogP contribution in [0, 0.1) is 0 Å². The van der Waals surface area contributed by atoms with Gasteiger partial charge in [0.05, 0.1) is 31.2 Å². The zero-order chi connectivity index (χ0) is 29.3. The summed E-state index contributed by atoms with van der Waals surface area (Å²) in [6, 6.07) is 7.75. The van der Waals surface area contributed by atoms with Gasteiger partial charge in [-0.15, -0.1) is 0 Å². The number of thioether (sulfide) groups is 1. The molecule has 4 heterocycles. The van der Waals surface area contributed by atoms with Gasteiger partial charge in [-0.2, -0.15) is 5.10 Å². The van der Waals surface area contributed by atoms with Crippen molar-refractivity contribution < 1.29 is 28.5 Å². The fourth-order valence-electron chi connectivity index (χ4n) is 6.61. The number of para-hydroxylation sites is 1. The highest BCUT2D eigenvalue weighted by Gasteiger charge is 2.48. The van der Waals surface area contributed by atoms with Gasteiger partial charge in [0.1, 0.15) is 34.3 Å². The standard InChI is InChI=1S/C31H37N3O7S/c1-19-24-25(35)27(31(30(36)37)12-6-3-7-13-31)33-34(29(24)42-26(19)28-32-14-17-40-28)18-23(41-20-10-15-39-16-11-20)21-8-4-5-9-22(21)38-2/h4-5,8-9,14,17,19-20,23,26H,3,6-7,10-13,15-16,18H2,1-2H3,(H,36,37)/t19?,23-,26?/m1/s1. The fourth-order valence-corrected chi connectivity index (χ4v) is 8.05.